The largest absolute Gasteiger partial charge is 0.494 e. The first kappa shape index (κ1) is 29.8. The summed E-state index contributed by atoms with van der Waals surface area (Å²) in [5.41, 5.74) is 0.895. The number of ether oxygens (including phenoxy) is 3. The molecule has 2 aromatic carbocycles. The molecule has 2 rings (SSSR count). The Balaban J connectivity index is 2.40. The molecule has 0 radical (unpaired) electrons. The van der Waals surface area contributed by atoms with Gasteiger partial charge in [-0.2, -0.15) is 0 Å². The number of hydrogen-bond acceptors (Lipinski definition) is 6. The van der Waals surface area contributed by atoms with E-state index in [2.05, 4.69) is 13.2 Å². The molecule has 0 saturated carbocycles. The van der Waals surface area contributed by atoms with Gasteiger partial charge in [0.2, 0.25) is 0 Å². The van der Waals surface area contributed by atoms with E-state index >= 15 is 0 Å². The van der Waals surface area contributed by atoms with Crippen LogP contribution in [0, 0.1) is 0 Å². The number of hydrogen-bond donors (Lipinski definition) is 0. The zero-order valence-corrected chi connectivity index (χ0v) is 23.5. The van der Waals surface area contributed by atoms with Gasteiger partial charge in [0.1, 0.15) is 17.1 Å². The predicted octanol–water partition coefficient (Wildman–Crippen LogP) is 7.05. The van der Waals surface area contributed by atoms with Gasteiger partial charge in [-0.25, -0.2) is 9.59 Å². The van der Waals surface area contributed by atoms with Crippen LogP contribution in [0.2, 0.25) is 0 Å². The molecule has 2 amide bonds. The smallest absolute Gasteiger partial charge is 0.414 e. The fraction of sp³-hybridized carbons (Fsp3) is 0.379. The maximum atomic E-state index is 13.3. The standard InChI is InChI=1S/C29H38N2O5S/c1-9-18-31(28(33)36-29(3,4)5)26(17-19-34-22-11-14-24(37-8)15-12-22)25-16-13-23(20-21(25)10-2)35-27(32)30(6)7/h9-16,20,26H,1-2,17-19H2,3-8H3/t26-/m1/s1. The molecule has 0 aliphatic carbocycles. The topological polar surface area (TPSA) is 68.3 Å². The molecule has 7 nitrogen and oxygen atoms in total. The monoisotopic (exact) mass is 526 g/mol. The van der Waals surface area contributed by atoms with Crippen LogP contribution in [0.1, 0.15) is 44.4 Å². The maximum absolute atomic E-state index is 13.3. The van der Waals surface area contributed by atoms with Gasteiger partial charge in [0.15, 0.2) is 0 Å². The number of thioether (sulfide) groups is 1. The van der Waals surface area contributed by atoms with Crippen molar-refractivity contribution >= 4 is 30.0 Å². The molecule has 0 N–H and O–H groups in total. The molecule has 0 aliphatic heterocycles. The minimum atomic E-state index is -0.665. The van der Waals surface area contributed by atoms with Gasteiger partial charge in [0.05, 0.1) is 12.6 Å². The molecule has 2 aromatic rings. The first-order chi connectivity index (χ1) is 17.5. The average Bonchev–Trinajstić information content (AvgIpc) is 2.85. The number of nitrogens with zero attached hydrogens (tertiary/aromatic N) is 2. The highest BCUT2D eigenvalue weighted by atomic mass is 32.2. The van der Waals surface area contributed by atoms with Crippen LogP contribution in [-0.4, -0.2) is 61.1 Å². The van der Waals surface area contributed by atoms with Gasteiger partial charge in [-0.1, -0.05) is 24.8 Å². The lowest BCUT2D eigenvalue weighted by atomic mass is 9.96. The van der Waals surface area contributed by atoms with E-state index in [1.54, 1.807) is 55.0 Å². The highest BCUT2D eigenvalue weighted by Gasteiger charge is 2.30. The Bertz CT molecular complexity index is 1080. The van der Waals surface area contributed by atoms with E-state index in [-0.39, 0.29) is 6.54 Å². The van der Waals surface area contributed by atoms with E-state index in [0.29, 0.717) is 18.8 Å². The zero-order chi connectivity index (χ0) is 27.6. The lowest BCUT2D eigenvalue weighted by molar-refractivity contribution is 0.0165. The van der Waals surface area contributed by atoms with Crippen molar-refractivity contribution in [1.29, 1.82) is 0 Å². The highest BCUT2D eigenvalue weighted by molar-refractivity contribution is 7.98. The molecule has 0 aromatic heterocycles. The van der Waals surface area contributed by atoms with Crippen LogP contribution in [0.4, 0.5) is 9.59 Å². The van der Waals surface area contributed by atoms with Crippen molar-refractivity contribution in [3.8, 4) is 11.5 Å². The maximum Gasteiger partial charge on any atom is 0.414 e. The third kappa shape index (κ3) is 9.21. The number of rotatable bonds is 11. The van der Waals surface area contributed by atoms with Crippen LogP contribution in [0.5, 0.6) is 11.5 Å². The number of benzene rings is 2. The SMILES string of the molecule is C=CCN(C(=O)OC(C)(C)C)[C@H](CCOc1ccc(SC)cc1)c1ccc(OC(=O)N(C)C)cc1C=C. The van der Waals surface area contributed by atoms with Gasteiger partial charge in [-0.3, -0.25) is 4.90 Å². The van der Waals surface area contributed by atoms with E-state index < -0.39 is 23.8 Å². The minimum Gasteiger partial charge on any atom is -0.494 e. The summed E-state index contributed by atoms with van der Waals surface area (Å²) in [5.74, 6) is 1.13. The molecule has 200 valence electrons. The second kappa shape index (κ2) is 13.8. The van der Waals surface area contributed by atoms with Crippen LogP contribution < -0.4 is 9.47 Å². The van der Waals surface area contributed by atoms with Gasteiger partial charge in [0, 0.05) is 32.0 Å². The summed E-state index contributed by atoms with van der Waals surface area (Å²) in [6.45, 7) is 13.9. The second-order valence-corrected chi connectivity index (χ2v) is 10.4. The van der Waals surface area contributed by atoms with Crippen LogP contribution in [-0.2, 0) is 4.74 Å². The Hall–Kier alpha value is -3.39. The molecule has 0 saturated heterocycles. The van der Waals surface area contributed by atoms with Crippen LogP contribution in [0.25, 0.3) is 6.08 Å². The third-order valence-corrected chi connectivity index (χ3v) is 6.00. The first-order valence-corrected chi connectivity index (χ1v) is 13.2. The molecule has 37 heavy (non-hydrogen) atoms. The van der Waals surface area contributed by atoms with E-state index in [4.69, 9.17) is 14.2 Å². The second-order valence-electron chi connectivity index (χ2n) is 9.51. The summed E-state index contributed by atoms with van der Waals surface area (Å²) >= 11 is 1.66. The molecule has 0 unspecified atom stereocenters. The molecule has 8 heteroatoms. The summed E-state index contributed by atoms with van der Waals surface area (Å²) in [5, 5.41) is 0. The Morgan fingerprint density at radius 3 is 2.22 bits per heavy atom. The van der Waals surface area contributed by atoms with Crippen LogP contribution in [0.15, 0.2) is 66.6 Å². The average molecular weight is 527 g/mol. The van der Waals surface area contributed by atoms with Gasteiger partial charge < -0.3 is 19.1 Å². The first-order valence-electron chi connectivity index (χ1n) is 12.0. The van der Waals surface area contributed by atoms with Crippen molar-refractivity contribution in [1.82, 2.24) is 9.80 Å². The number of carbonyl (C=O) groups excluding carboxylic acids is 2. The zero-order valence-electron chi connectivity index (χ0n) is 22.7. The lowest BCUT2D eigenvalue weighted by Crippen LogP contribution is -2.40. The molecule has 0 aliphatic rings. The normalized spacial score (nSPS) is 11.7. The van der Waals surface area contributed by atoms with Crippen LogP contribution >= 0.6 is 11.8 Å². The van der Waals surface area contributed by atoms with E-state index in [0.717, 1.165) is 21.8 Å². The van der Waals surface area contributed by atoms with Gasteiger partial charge in [0.25, 0.3) is 0 Å². The Morgan fingerprint density at radius 2 is 1.68 bits per heavy atom. The Morgan fingerprint density at radius 1 is 1.03 bits per heavy atom. The Kier molecular flexibility index (Phi) is 11.1. The fourth-order valence-electron chi connectivity index (χ4n) is 3.52. The van der Waals surface area contributed by atoms with Crippen molar-refractivity contribution in [2.45, 2.75) is 43.7 Å². The fourth-order valence-corrected chi connectivity index (χ4v) is 3.93. The number of amides is 2. The van der Waals surface area contributed by atoms with E-state index in [1.807, 2.05) is 57.4 Å². The quantitative estimate of drug-likeness (QED) is 0.231. The summed E-state index contributed by atoms with van der Waals surface area (Å²) < 4.78 is 17.2. The van der Waals surface area contributed by atoms with Crippen molar-refractivity contribution in [2.75, 3.05) is 33.5 Å². The molecular formula is C29H38N2O5S. The molecule has 0 heterocycles. The van der Waals surface area contributed by atoms with Crippen molar-refractivity contribution in [3.05, 3.63) is 72.8 Å². The summed E-state index contributed by atoms with van der Waals surface area (Å²) in [7, 11) is 3.23. The predicted molar refractivity (Wildman–Crippen MR) is 150 cm³/mol. The molecule has 0 bridgehead atoms. The highest BCUT2D eigenvalue weighted by Crippen LogP contribution is 2.32. The number of carbonyl (C=O) groups is 2. The summed E-state index contributed by atoms with van der Waals surface area (Å²) in [6, 6.07) is 12.7. The van der Waals surface area contributed by atoms with E-state index in [9.17, 15) is 9.59 Å². The minimum absolute atomic E-state index is 0.274. The summed E-state index contributed by atoms with van der Waals surface area (Å²) in [6.07, 6.45) is 4.91. The van der Waals surface area contributed by atoms with E-state index in [1.165, 1.54) is 4.90 Å². The Labute approximate surface area is 225 Å². The lowest BCUT2D eigenvalue weighted by Gasteiger charge is -2.34. The molecule has 0 spiro atoms. The van der Waals surface area contributed by atoms with Crippen molar-refractivity contribution in [3.63, 3.8) is 0 Å². The van der Waals surface area contributed by atoms with Crippen molar-refractivity contribution in [2.24, 2.45) is 0 Å². The third-order valence-electron chi connectivity index (χ3n) is 5.26. The van der Waals surface area contributed by atoms with Gasteiger partial charge >= 0.3 is 12.2 Å². The van der Waals surface area contributed by atoms with Gasteiger partial charge in [-0.15, -0.1) is 18.3 Å². The van der Waals surface area contributed by atoms with Crippen LogP contribution in [0.3, 0.4) is 0 Å². The molecule has 0 fully saturated rings. The summed E-state index contributed by atoms with van der Waals surface area (Å²) in [4.78, 5) is 29.4. The molecular weight excluding hydrogens is 488 g/mol. The van der Waals surface area contributed by atoms with Crippen molar-refractivity contribution < 1.29 is 23.8 Å². The molecule has 1 atom stereocenters. The van der Waals surface area contributed by atoms with Gasteiger partial charge in [-0.05, 0) is 74.6 Å².